The molecule has 1 saturated heterocycles. The summed E-state index contributed by atoms with van der Waals surface area (Å²) in [5.74, 6) is -0.165. The zero-order valence-electron chi connectivity index (χ0n) is 17.1. The van der Waals surface area contributed by atoms with Crippen molar-refractivity contribution >= 4 is 28.8 Å². The molecule has 4 rings (SSSR count). The first-order valence-electron chi connectivity index (χ1n) is 10.3. The number of carbonyl (C=O) groups excluding carboxylic acids is 2. The van der Waals surface area contributed by atoms with Crippen LogP contribution in [0.3, 0.4) is 0 Å². The van der Waals surface area contributed by atoms with Gasteiger partial charge in [-0.25, -0.2) is 4.98 Å². The molecule has 2 aromatic carbocycles. The molecule has 1 N–H and O–H groups in total. The minimum absolute atomic E-state index is 0.00898. The number of nitrogens with zero attached hydrogens (tertiary/aromatic N) is 2. The van der Waals surface area contributed by atoms with Crippen LogP contribution in [0.15, 0.2) is 53.9 Å². The summed E-state index contributed by atoms with van der Waals surface area (Å²) in [7, 11) is 0. The van der Waals surface area contributed by atoms with Crippen molar-refractivity contribution in [2.24, 2.45) is 0 Å². The fourth-order valence-corrected chi connectivity index (χ4v) is 4.56. The van der Waals surface area contributed by atoms with E-state index in [1.165, 1.54) is 5.56 Å². The zero-order chi connectivity index (χ0) is 20.9. The molecule has 5 nitrogen and oxygen atoms in total. The number of anilines is 1. The largest absolute Gasteiger partial charge is 0.339 e. The van der Waals surface area contributed by atoms with Gasteiger partial charge < -0.3 is 10.2 Å². The second-order valence-corrected chi connectivity index (χ2v) is 8.56. The van der Waals surface area contributed by atoms with Crippen LogP contribution in [0.25, 0.3) is 0 Å². The van der Waals surface area contributed by atoms with Gasteiger partial charge in [-0.3, -0.25) is 9.59 Å². The number of aryl methyl sites for hydroxylation is 1. The lowest BCUT2D eigenvalue weighted by atomic mass is 10.1. The summed E-state index contributed by atoms with van der Waals surface area (Å²) in [4.78, 5) is 32.1. The number of hydrogen-bond donors (Lipinski definition) is 1. The first-order valence-corrected chi connectivity index (χ1v) is 11.1. The smallest absolute Gasteiger partial charge is 0.255 e. The van der Waals surface area contributed by atoms with Crippen molar-refractivity contribution in [3.05, 3.63) is 81.3 Å². The van der Waals surface area contributed by atoms with E-state index in [4.69, 9.17) is 0 Å². The molecule has 1 aliphatic rings. The Balaban J connectivity index is 1.44. The van der Waals surface area contributed by atoms with Gasteiger partial charge in [0.05, 0.1) is 28.4 Å². The Hall–Kier alpha value is -2.99. The van der Waals surface area contributed by atoms with E-state index >= 15 is 0 Å². The van der Waals surface area contributed by atoms with E-state index < -0.39 is 0 Å². The van der Waals surface area contributed by atoms with Gasteiger partial charge in [0.15, 0.2) is 0 Å². The molecule has 3 aromatic rings. The first-order chi connectivity index (χ1) is 14.6. The molecule has 0 saturated carbocycles. The van der Waals surface area contributed by atoms with Crippen LogP contribution >= 0.6 is 11.3 Å². The molecule has 0 radical (unpaired) electrons. The third-order valence-corrected chi connectivity index (χ3v) is 6.20. The Morgan fingerprint density at radius 3 is 2.60 bits per heavy atom. The maximum absolute atomic E-state index is 12.9. The molecule has 1 fully saturated rings. The van der Waals surface area contributed by atoms with Gasteiger partial charge in [-0.2, -0.15) is 0 Å². The van der Waals surface area contributed by atoms with Crippen LogP contribution in [0.2, 0.25) is 0 Å². The molecule has 6 heteroatoms. The Kier molecular flexibility index (Phi) is 6.23. The number of thiazole rings is 1. The quantitative estimate of drug-likeness (QED) is 0.642. The normalized spacial score (nSPS) is 13.4. The Morgan fingerprint density at radius 2 is 1.83 bits per heavy atom. The predicted molar refractivity (Wildman–Crippen MR) is 120 cm³/mol. The van der Waals surface area contributed by atoms with Crippen LogP contribution < -0.4 is 5.32 Å². The van der Waals surface area contributed by atoms with E-state index in [2.05, 4.69) is 22.4 Å². The molecule has 0 unspecified atom stereocenters. The average Bonchev–Trinajstić information content (AvgIpc) is 3.42. The van der Waals surface area contributed by atoms with Gasteiger partial charge >= 0.3 is 0 Å². The summed E-state index contributed by atoms with van der Waals surface area (Å²) < 4.78 is 0. The monoisotopic (exact) mass is 419 g/mol. The molecule has 30 heavy (non-hydrogen) atoms. The van der Waals surface area contributed by atoms with Crippen LogP contribution in [-0.4, -0.2) is 34.8 Å². The number of amides is 2. The van der Waals surface area contributed by atoms with Crippen molar-refractivity contribution in [2.45, 2.75) is 32.6 Å². The highest BCUT2D eigenvalue weighted by Gasteiger charge is 2.23. The molecule has 0 spiro atoms. The molecule has 154 valence electrons. The third kappa shape index (κ3) is 4.76. The summed E-state index contributed by atoms with van der Waals surface area (Å²) in [6.45, 7) is 3.48. The fourth-order valence-electron chi connectivity index (χ4n) is 3.73. The lowest BCUT2D eigenvalue weighted by molar-refractivity contribution is -0.115. The molecular formula is C24H25N3O2S. The second-order valence-electron chi connectivity index (χ2n) is 7.62. The van der Waals surface area contributed by atoms with Crippen molar-refractivity contribution in [1.82, 2.24) is 9.88 Å². The van der Waals surface area contributed by atoms with Gasteiger partial charge in [0, 0.05) is 24.9 Å². The summed E-state index contributed by atoms with van der Waals surface area (Å²) in [5, 5.41) is 5.90. The van der Waals surface area contributed by atoms with Crippen LogP contribution in [0.4, 0.5) is 5.69 Å². The third-order valence-electron chi connectivity index (χ3n) is 5.30. The summed E-state index contributed by atoms with van der Waals surface area (Å²) in [6.07, 6.45) is 3.03. The number of aromatic nitrogens is 1. The molecule has 1 aliphatic heterocycles. The number of likely N-dealkylation sites (tertiary alicyclic amines) is 1. The lowest BCUT2D eigenvalue weighted by Crippen LogP contribution is -2.29. The molecule has 0 aliphatic carbocycles. The number of hydrogen-bond acceptors (Lipinski definition) is 4. The number of carbonyl (C=O) groups is 2. The van der Waals surface area contributed by atoms with Gasteiger partial charge in [-0.05, 0) is 37.0 Å². The highest BCUT2D eigenvalue weighted by Crippen LogP contribution is 2.24. The van der Waals surface area contributed by atoms with E-state index in [0.717, 1.165) is 48.6 Å². The van der Waals surface area contributed by atoms with Crippen molar-refractivity contribution in [3.63, 3.8) is 0 Å². The van der Waals surface area contributed by atoms with Gasteiger partial charge in [0.25, 0.3) is 5.91 Å². The number of para-hydroxylation sites is 1. The molecule has 2 amide bonds. The van der Waals surface area contributed by atoms with E-state index in [1.807, 2.05) is 47.5 Å². The summed E-state index contributed by atoms with van der Waals surface area (Å²) in [5.41, 5.74) is 4.01. The molecular weight excluding hydrogens is 394 g/mol. The number of benzene rings is 2. The van der Waals surface area contributed by atoms with Crippen molar-refractivity contribution in [2.75, 3.05) is 18.4 Å². The van der Waals surface area contributed by atoms with E-state index in [0.29, 0.717) is 11.3 Å². The zero-order valence-corrected chi connectivity index (χ0v) is 17.9. The van der Waals surface area contributed by atoms with Crippen LogP contribution in [-0.2, 0) is 17.6 Å². The Labute approximate surface area is 180 Å². The van der Waals surface area contributed by atoms with Gasteiger partial charge in [0.2, 0.25) is 5.91 Å². The highest BCUT2D eigenvalue weighted by atomic mass is 32.1. The maximum atomic E-state index is 12.9. The number of rotatable bonds is 6. The Morgan fingerprint density at radius 1 is 1.07 bits per heavy atom. The van der Waals surface area contributed by atoms with Gasteiger partial charge in [-0.1, -0.05) is 42.5 Å². The predicted octanol–water partition coefficient (Wildman–Crippen LogP) is 4.46. The lowest BCUT2D eigenvalue weighted by Gasteiger charge is -2.19. The highest BCUT2D eigenvalue weighted by molar-refractivity contribution is 7.09. The topological polar surface area (TPSA) is 62.3 Å². The van der Waals surface area contributed by atoms with E-state index in [1.54, 1.807) is 17.4 Å². The van der Waals surface area contributed by atoms with Crippen molar-refractivity contribution in [3.8, 4) is 0 Å². The van der Waals surface area contributed by atoms with E-state index in [-0.39, 0.29) is 18.2 Å². The average molecular weight is 420 g/mol. The van der Waals surface area contributed by atoms with Crippen LogP contribution in [0.5, 0.6) is 0 Å². The Bertz CT molecular complexity index is 1040. The van der Waals surface area contributed by atoms with Crippen molar-refractivity contribution < 1.29 is 9.59 Å². The summed E-state index contributed by atoms with van der Waals surface area (Å²) >= 11 is 1.57. The standard InChI is InChI=1S/C24H25N3O2S/c1-17-8-7-11-20(24(29)27-12-5-6-13-27)23(17)26-21(28)15-19-16-30-22(25-19)14-18-9-3-2-4-10-18/h2-4,7-11,16H,5-6,12-15H2,1H3,(H,26,28). The molecule has 0 bridgehead atoms. The van der Waals surface area contributed by atoms with E-state index in [9.17, 15) is 9.59 Å². The van der Waals surface area contributed by atoms with Crippen molar-refractivity contribution in [1.29, 1.82) is 0 Å². The minimum Gasteiger partial charge on any atom is -0.339 e. The second kappa shape index (κ2) is 9.22. The van der Waals surface area contributed by atoms with Crippen LogP contribution in [0.1, 0.15) is 45.0 Å². The fraction of sp³-hybridized carbons (Fsp3) is 0.292. The summed E-state index contributed by atoms with van der Waals surface area (Å²) in [6, 6.07) is 15.7. The number of nitrogens with one attached hydrogen (secondary N) is 1. The first kappa shape index (κ1) is 20.3. The van der Waals surface area contributed by atoms with Crippen LogP contribution in [0, 0.1) is 6.92 Å². The molecule has 1 aromatic heterocycles. The minimum atomic E-state index is -0.156. The van der Waals surface area contributed by atoms with Gasteiger partial charge in [-0.15, -0.1) is 11.3 Å². The van der Waals surface area contributed by atoms with Gasteiger partial charge in [0.1, 0.15) is 0 Å². The molecule has 2 heterocycles. The maximum Gasteiger partial charge on any atom is 0.255 e. The SMILES string of the molecule is Cc1cccc(C(=O)N2CCCC2)c1NC(=O)Cc1csc(Cc2ccccc2)n1. The molecule has 0 atom stereocenters.